The van der Waals surface area contributed by atoms with Crippen LogP contribution in [0.5, 0.6) is 0 Å². The summed E-state index contributed by atoms with van der Waals surface area (Å²) < 4.78 is 0. The van der Waals surface area contributed by atoms with Crippen LogP contribution >= 0.6 is 11.3 Å². The largest absolute Gasteiger partial charge is 0.378 e. The Morgan fingerprint density at radius 3 is 2.62 bits per heavy atom. The number of thiazole rings is 1. The summed E-state index contributed by atoms with van der Waals surface area (Å²) in [6.45, 7) is 10.8. The second kappa shape index (κ2) is 5.91. The number of terminal acetylenes is 1. The molecular weight excluding hydrogens is 276 g/mol. The van der Waals surface area contributed by atoms with E-state index in [1.165, 1.54) is 9.88 Å². The average Bonchev–Trinajstić information content (AvgIpc) is 2.81. The maximum absolute atomic E-state index is 5.45. The van der Waals surface area contributed by atoms with Gasteiger partial charge < -0.3 is 5.32 Å². The molecule has 2 rings (SSSR count). The first-order valence-electron chi connectivity index (χ1n) is 7.12. The molecule has 1 aromatic carbocycles. The van der Waals surface area contributed by atoms with Crippen molar-refractivity contribution in [2.45, 2.75) is 46.1 Å². The molecular formula is C18H22N2S. The minimum absolute atomic E-state index is 0.0940. The Labute approximate surface area is 131 Å². The number of aryl methyl sites for hydroxylation is 1. The zero-order valence-corrected chi connectivity index (χ0v) is 14.1. The van der Waals surface area contributed by atoms with Gasteiger partial charge in [-0.2, -0.15) is 0 Å². The monoisotopic (exact) mass is 298 g/mol. The standard InChI is InChI=1S/C18H22N2S/c1-7-14-9-8-10-15(11-14)19-12(2)16-13(3)20-17(21-16)18(4,5)6/h1,8-12,19H,2-6H3. The van der Waals surface area contributed by atoms with Crippen molar-refractivity contribution in [3.8, 4) is 12.3 Å². The van der Waals surface area contributed by atoms with Crippen molar-refractivity contribution in [3.63, 3.8) is 0 Å². The van der Waals surface area contributed by atoms with Crippen LogP contribution < -0.4 is 5.32 Å². The molecule has 110 valence electrons. The van der Waals surface area contributed by atoms with Crippen molar-refractivity contribution in [1.29, 1.82) is 0 Å². The van der Waals surface area contributed by atoms with Crippen LogP contribution in [0.4, 0.5) is 5.69 Å². The molecule has 0 radical (unpaired) electrons. The van der Waals surface area contributed by atoms with Crippen molar-refractivity contribution in [3.05, 3.63) is 45.4 Å². The van der Waals surface area contributed by atoms with Gasteiger partial charge in [-0.1, -0.05) is 32.8 Å². The SMILES string of the molecule is C#Cc1cccc(NC(C)c2sc(C(C)(C)C)nc2C)c1. The second-order valence-electron chi connectivity index (χ2n) is 6.31. The highest BCUT2D eigenvalue weighted by Gasteiger charge is 2.22. The minimum Gasteiger partial charge on any atom is -0.378 e. The van der Waals surface area contributed by atoms with Crippen LogP contribution in [0.2, 0.25) is 0 Å². The van der Waals surface area contributed by atoms with Crippen molar-refractivity contribution in [2.24, 2.45) is 0 Å². The third kappa shape index (κ3) is 3.65. The van der Waals surface area contributed by atoms with E-state index < -0.39 is 0 Å². The van der Waals surface area contributed by atoms with E-state index in [9.17, 15) is 0 Å². The zero-order chi connectivity index (χ0) is 15.6. The number of rotatable bonds is 3. The van der Waals surface area contributed by atoms with Crippen molar-refractivity contribution in [1.82, 2.24) is 4.98 Å². The normalized spacial score (nSPS) is 12.8. The highest BCUT2D eigenvalue weighted by Crippen LogP contribution is 2.33. The Balaban J connectivity index is 2.22. The van der Waals surface area contributed by atoms with Gasteiger partial charge in [-0.25, -0.2) is 4.98 Å². The van der Waals surface area contributed by atoms with Gasteiger partial charge in [0.1, 0.15) is 0 Å². The summed E-state index contributed by atoms with van der Waals surface area (Å²) >= 11 is 1.79. The van der Waals surface area contributed by atoms with Gasteiger partial charge >= 0.3 is 0 Å². The number of benzene rings is 1. The number of nitrogens with one attached hydrogen (secondary N) is 1. The van der Waals surface area contributed by atoms with E-state index >= 15 is 0 Å². The topological polar surface area (TPSA) is 24.9 Å². The first-order valence-corrected chi connectivity index (χ1v) is 7.94. The van der Waals surface area contributed by atoms with Gasteiger partial charge in [-0.05, 0) is 32.0 Å². The fourth-order valence-corrected chi connectivity index (χ4v) is 3.27. The van der Waals surface area contributed by atoms with E-state index in [-0.39, 0.29) is 11.5 Å². The molecule has 2 aromatic rings. The first kappa shape index (κ1) is 15.6. The first-order chi connectivity index (χ1) is 9.81. The predicted molar refractivity (Wildman–Crippen MR) is 92.0 cm³/mol. The smallest absolute Gasteiger partial charge is 0.0985 e. The molecule has 0 amide bonds. The van der Waals surface area contributed by atoms with Gasteiger partial charge in [0.05, 0.1) is 16.7 Å². The van der Waals surface area contributed by atoms with Crippen LogP contribution in [0.25, 0.3) is 0 Å². The van der Waals surface area contributed by atoms with Crippen molar-refractivity contribution in [2.75, 3.05) is 5.32 Å². The molecule has 2 nitrogen and oxygen atoms in total. The van der Waals surface area contributed by atoms with E-state index in [0.29, 0.717) is 0 Å². The molecule has 0 aliphatic rings. The van der Waals surface area contributed by atoms with E-state index in [0.717, 1.165) is 16.9 Å². The highest BCUT2D eigenvalue weighted by molar-refractivity contribution is 7.12. The highest BCUT2D eigenvalue weighted by atomic mass is 32.1. The lowest BCUT2D eigenvalue weighted by Crippen LogP contribution is -2.10. The molecule has 0 aliphatic carbocycles. The molecule has 0 fully saturated rings. The Morgan fingerprint density at radius 1 is 1.33 bits per heavy atom. The summed E-state index contributed by atoms with van der Waals surface area (Å²) in [6.07, 6.45) is 5.45. The van der Waals surface area contributed by atoms with Gasteiger partial charge in [0.2, 0.25) is 0 Å². The molecule has 0 bridgehead atoms. The van der Waals surface area contributed by atoms with Gasteiger partial charge in [0.25, 0.3) is 0 Å². The minimum atomic E-state index is 0.0940. The lowest BCUT2D eigenvalue weighted by atomic mass is 9.98. The summed E-state index contributed by atoms with van der Waals surface area (Å²) in [5.74, 6) is 2.67. The van der Waals surface area contributed by atoms with Crippen molar-refractivity contribution >= 4 is 17.0 Å². The number of anilines is 1. The van der Waals surface area contributed by atoms with Crippen LogP contribution in [-0.4, -0.2) is 4.98 Å². The summed E-state index contributed by atoms with van der Waals surface area (Å²) in [4.78, 5) is 6.01. The molecule has 0 saturated carbocycles. The molecule has 1 N–H and O–H groups in total. The summed E-state index contributed by atoms with van der Waals surface area (Å²) in [5.41, 5.74) is 3.14. The third-order valence-electron chi connectivity index (χ3n) is 3.28. The summed E-state index contributed by atoms with van der Waals surface area (Å²) in [5, 5.41) is 4.69. The Bertz CT molecular complexity index is 671. The van der Waals surface area contributed by atoms with Crippen LogP contribution in [0.3, 0.4) is 0 Å². The number of hydrogen-bond donors (Lipinski definition) is 1. The number of nitrogens with zero attached hydrogens (tertiary/aromatic N) is 1. The van der Waals surface area contributed by atoms with E-state index in [4.69, 9.17) is 11.4 Å². The van der Waals surface area contributed by atoms with Gasteiger partial charge in [-0.3, -0.25) is 0 Å². The quantitative estimate of drug-likeness (QED) is 0.815. The second-order valence-corrected chi connectivity index (χ2v) is 7.34. The molecule has 1 heterocycles. The molecule has 3 heteroatoms. The number of aromatic nitrogens is 1. The lowest BCUT2D eigenvalue weighted by Gasteiger charge is -2.15. The molecule has 1 aromatic heterocycles. The van der Waals surface area contributed by atoms with Crippen LogP contribution in [0.1, 0.15) is 54.9 Å². The fraction of sp³-hybridized carbons (Fsp3) is 0.389. The molecule has 1 unspecified atom stereocenters. The van der Waals surface area contributed by atoms with Gasteiger partial charge in [-0.15, -0.1) is 17.8 Å². The Morgan fingerprint density at radius 2 is 2.05 bits per heavy atom. The van der Waals surface area contributed by atoms with Gasteiger partial charge in [0.15, 0.2) is 0 Å². The van der Waals surface area contributed by atoms with Crippen molar-refractivity contribution < 1.29 is 0 Å². The molecule has 0 saturated heterocycles. The summed E-state index contributed by atoms with van der Waals surface area (Å²) in [7, 11) is 0. The molecule has 21 heavy (non-hydrogen) atoms. The zero-order valence-electron chi connectivity index (χ0n) is 13.3. The lowest BCUT2D eigenvalue weighted by molar-refractivity contribution is 0.584. The Hall–Kier alpha value is -1.79. The van der Waals surface area contributed by atoms with E-state index in [2.05, 4.69) is 45.9 Å². The maximum Gasteiger partial charge on any atom is 0.0985 e. The fourth-order valence-electron chi connectivity index (χ4n) is 2.15. The molecule has 0 aliphatic heterocycles. The molecule has 0 spiro atoms. The van der Waals surface area contributed by atoms with Crippen LogP contribution in [0, 0.1) is 19.3 Å². The average molecular weight is 298 g/mol. The maximum atomic E-state index is 5.45. The molecule has 1 atom stereocenters. The Kier molecular flexibility index (Phi) is 4.39. The van der Waals surface area contributed by atoms with Crippen LogP contribution in [-0.2, 0) is 5.41 Å². The van der Waals surface area contributed by atoms with Gasteiger partial charge in [0, 0.05) is 21.5 Å². The number of hydrogen-bond acceptors (Lipinski definition) is 3. The van der Waals surface area contributed by atoms with E-state index in [1.54, 1.807) is 11.3 Å². The van der Waals surface area contributed by atoms with Crippen LogP contribution in [0.15, 0.2) is 24.3 Å². The summed E-state index contributed by atoms with van der Waals surface area (Å²) in [6, 6.07) is 8.16. The predicted octanol–water partition coefficient (Wildman–Crippen LogP) is 4.90. The van der Waals surface area contributed by atoms with E-state index in [1.807, 2.05) is 24.3 Å². The third-order valence-corrected chi connectivity index (χ3v) is 5.05.